The summed E-state index contributed by atoms with van der Waals surface area (Å²) < 4.78 is 25.5. The highest BCUT2D eigenvalue weighted by Crippen LogP contribution is 2.37. The van der Waals surface area contributed by atoms with Gasteiger partial charge in [0.25, 0.3) is 7.82 Å². The quantitative estimate of drug-likeness (QED) is 0.349. The molecule has 8 nitrogen and oxygen atoms in total. The number of hydrogen-bond acceptors (Lipinski definition) is 6. The molecule has 0 radical (unpaired) electrons. The van der Waals surface area contributed by atoms with Crippen LogP contribution < -0.4 is 15.5 Å². The molecule has 0 spiro atoms. The maximum Gasteiger partial charge on any atom is 0.268 e. The summed E-state index contributed by atoms with van der Waals surface area (Å²) >= 11 is 0. The summed E-state index contributed by atoms with van der Waals surface area (Å²) in [5, 5.41) is 4.29. The monoisotopic (exact) mass is 284 g/mol. The van der Waals surface area contributed by atoms with Gasteiger partial charge in [-0.1, -0.05) is 0 Å². The number of likely N-dealkylation sites (N-methyl/N-ethyl adjacent to an activating group) is 1. The van der Waals surface area contributed by atoms with Crippen molar-refractivity contribution in [3.8, 4) is 0 Å². The smallest absolute Gasteiger partial charge is 0.268 e. The van der Waals surface area contributed by atoms with Crippen LogP contribution in [-0.4, -0.2) is 52.5 Å². The lowest BCUT2D eigenvalue weighted by molar-refractivity contribution is -0.627. The van der Waals surface area contributed by atoms with Crippen LogP contribution in [0.2, 0.25) is 0 Å². The minimum Gasteiger partial charge on any atom is -0.756 e. The first kappa shape index (κ1) is 17.5. The van der Waals surface area contributed by atoms with E-state index in [9.17, 15) is 14.3 Å². The molecule has 1 amide bonds. The Morgan fingerprint density at radius 2 is 2.17 bits per heavy atom. The number of quaternary nitrogens is 1. The molecule has 0 bridgehead atoms. The molecule has 2 atom stereocenters. The van der Waals surface area contributed by atoms with E-state index in [4.69, 9.17) is 4.74 Å². The van der Waals surface area contributed by atoms with Crippen LogP contribution in [0.15, 0.2) is 0 Å². The third kappa shape index (κ3) is 9.52. The van der Waals surface area contributed by atoms with Crippen LogP contribution in [0.5, 0.6) is 0 Å². The predicted octanol–water partition coefficient (Wildman–Crippen LogP) is -2.17. The molecular weight excluding hydrogens is 263 g/mol. The summed E-state index contributed by atoms with van der Waals surface area (Å²) in [5.41, 5.74) is 0. The van der Waals surface area contributed by atoms with Crippen LogP contribution in [-0.2, 0) is 23.1 Å². The van der Waals surface area contributed by atoms with E-state index < -0.39 is 13.9 Å². The molecule has 0 aromatic carbocycles. The Bertz CT molecular complexity index is 288. The lowest BCUT2D eigenvalue weighted by Gasteiger charge is -2.24. The number of methoxy groups -OCH3 is 1. The van der Waals surface area contributed by atoms with E-state index in [1.165, 1.54) is 14.0 Å². The Labute approximate surface area is 107 Å². The van der Waals surface area contributed by atoms with E-state index in [1.54, 1.807) is 12.4 Å². The number of amides is 1. The first-order valence-electron chi connectivity index (χ1n) is 5.56. The fourth-order valence-corrected chi connectivity index (χ4v) is 1.71. The van der Waals surface area contributed by atoms with E-state index in [0.29, 0.717) is 6.54 Å². The number of ether oxygens (including phenoxy) is 1. The number of phosphoric ester groups is 1. The van der Waals surface area contributed by atoms with Crippen molar-refractivity contribution >= 4 is 13.7 Å². The topological polar surface area (TPSA) is 114 Å². The standard InChI is InChI=1S/C9H21N2O6P/c1-8(12)11-6-9(15-3)7-17-18(13,14)16-5-4-10-2/h9-10H,4-7H2,1-3H3,(H,11,12)(H,13,14). The molecule has 0 aliphatic rings. The van der Waals surface area contributed by atoms with Crippen molar-refractivity contribution < 1.29 is 33.4 Å². The van der Waals surface area contributed by atoms with Crippen LogP contribution in [0, 0.1) is 0 Å². The van der Waals surface area contributed by atoms with Gasteiger partial charge in [-0.15, -0.1) is 0 Å². The Morgan fingerprint density at radius 3 is 2.67 bits per heavy atom. The van der Waals surface area contributed by atoms with Gasteiger partial charge >= 0.3 is 0 Å². The van der Waals surface area contributed by atoms with Crippen LogP contribution in [0.25, 0.3) is 0 Å². The van der Waals surface area contributed by atoms with Crippen LogP contribution >= 0.6 is 7.82 Å². The zero-order valence-electron chi connectivity index (χ0n) is 10.9. The van der Waals surface area contributed by atoms with Crippen molar-refractivity contribution in [2.75, 3.05) is 40.5 Å². The van der Waals surface area contributed by atoms with E-state index in [0.717, 1.165) is 0 Å². The van der Waals surface area contributed by atoms with Crippen molar-refractivity contribution in [2.45, 2.75) is 13.0 Å². The maximum atomic E-state index is 11.3. The molecule has 3 N–H and O–H groups in total. The van der Waals surface area contributed by atoms with Gasteiger partial charge in [-0.2, -0.15) is 0 Å². The number of phosphoric acid groups is 1. The summed E-state index contributed by atoms with van der Waals surface area (Å²) in [6.45, 7) is 1.91. The number of nitrogens with one attached hydrogen (secondary N) is 1. The number of nitrogens with two attached hydrogens (primary N) is 1. The summed E-state index contributed by atoms with van der Waals surface area (Å²) in [6.07, 6.45) is -0.544. The van der Waals surface area contributed by atoms with Crippen molar-refractivity contribution in [3.63, 3.8) is 0 Å². The second kappa shape index (κ2) is 9.43. The molecule has 0 rings (SSSR count). The molecule has 0 aliphatic heterocycles. The lowest BCUT2D eigenvalue weighted by Crippen LogP contribution is -2.80. The second-order valence-electron chi connectivity index (χ2n) is 3.57. The Kier molecular flexibility index (Phi) is 9.17. The van der Waals surface area contributed by atoms with Crippen molar-refractivity contribution in [2.24, 2.45) is 0 Å². The fourth-order valence-electron chi connectivity index (χ4n) is 0.962. The minimum absolute atomic E-state index is 0.0562. The zero-order valence-corrected chi connectivity index (χ0v) is 11.8. The summed E-state index contributed by atoms with van der Waals surface area (Å²) in [4.78, 5) is 22.0. The molecule has 18 heavy (non-hydrogen) atoms. The van der Waals surface area contributed by atoms with Gasteiger partial charge in [0.1, 0.15) is 6.61 Å². The largest absolute Gasteiger partial charge is 0.756 e. The first-order valence-corrected chi connectivity index (χ1v) is 7.02. The Morgan fingerprint density at radius 1 is 1.50 bits per heavy atom. The molecule has 9 heteroatoms. The molecule has 0 saturated heterocycles. The minimum atomic E-state index is -4.30. The molecule has 0 heterocycles. The van der Waals surface area contributed by atoms with E-state index >= 15 is 0 Å². The third-order valence-electron chi connectivity index (χ3n) is 1.99. The van der Waals surface area contributed by atoms with E-state index in [1.807, 2.05) is 0 Å². The van der Waals surface area contributed by atoms with Gasteiger partial charge in [-0.25, -0.2) is 0 Å². The SMILES string of the molecule is C[NH2+]CCOP(=O)([O-])OCC(CNC(C)=O)OC. The van der Waals surface area contributed by atoms with Gasteiger partial charge in [0.2, 0.25) is 5.91 Å². The highest BCUT2D eigenvalue weighted by molar-refractivity contribution is 7.45. The molecule has 0 saturated carbocycles. The highest BCUT2D eigenvalue weighted by atomic mass is 31.2. The van der Waals surface area contributed by atoms with Crippen molar-refractivity contribution in [1.29, 1.82) is 0 Å². The van der Waals surface area contributed by atoms with Gasteiger partial charge in [-0.05, 0) is 0 Å². The Balaban J connectivity index is 3.94. The average molecular weight is 284 g/mol. The molecule has 108 valence electrons. The van der Waals surface area contributed by atoms with Gasteiger partial charge in [-0.3, -0.25) is 9.36 Å². The number of rotatable bonds is 10. The molecule has 0 aliphatic carbocycles. The predicted molar refractivity (Wildman–Crippen MR) is 61.7 cm³/mol. The highest BCUT2D eigenvalue weighted by Gasteiger charge is 2.15. The van der Waals surface area contributed by atoms with Crippen LogP contribution in [0.4, 0.5) is 0 Å². The van der Waals surface area contributed by atoms with Crippen molar-refractivity contribution in [1.82, 2.24) is 5.32 Å². The molecule has 0 fully saturated rings. The molecule has 0 aromatic rings. The number of hydrogen-bond donors (Lipinski definition) is 2. The zero-order chi connectivity index (χ0) is 14.0. The average Bonchev–Trinajstić information content (AvgIpc) is 2.29. The molecule has 0 aromatic heterocycles. The van der Waals surface area contributed by atoms with E-state index in [2.05, 4.69) is 14.4 Å². The van der Waals surface area contributed by atoms with Gasteiger partial charge in [0.15, 0.2) is 0 Å². The van der Waals surface area contributed by atoms with Crippen molar-refractivity contribution in [3.05, 3.63) is 0 Å². The first-order chi connectivity index (χ1) is 8.41. The van der Waals surface area contributed by atoms with Crippen LogP contribution in [0.3, 0.4) is 0 Å². The lowest BCUT2D eigenvalue weighted by atomic mass is 10.4. The summed E-state index contributed by atoms with van der Waals surface area (Å²) in [6, 6.07) is 0. The number of carbonyl (C=O) groups excluding carboxylic acids is 1. The Hall–Kier alpha value is -0.500. The summed E-state index contributed by atoms with van der Waals surface area (Å²) in [7, 11) is -1.10. The van der Waals surface area contributed by atoms with Crippen LogP contribution in [0.1, 0.15) is 6.92 Å². The van der Waals surface area contributed by atoms with Gasteiger partial charge < -0.3 is 29.3 Å². The van der Waals surface area contributed by atoms with E-state index in [-0.39, 0.29) is 25.7 Å². The molecule has 2 unspecified atom stereocenters. The number of carbonyl (C=O) groups is 1. The van der Waals surface area contributed by atoms with Gasteiger partial charge in [0.05, 0.1) is 26.3 Å². The molecular formula is C9H21N2O6P. The second-order valence-corrected chi connectivity index (χ2v) is 4.98. The normalized spacial score (nSPS) is 16.0. The maximum absolute atomic E-state index is 11.3. The van der Waals surface area contributed by atoms with Gasteiger partial charge in [0, 0.05) is 20.6 Å². The third-order valence-corrected chi connectivity index (χ3v) is 2.95. The fraction of sp³-hybridized carbons (Fsp3) is 0.889. The summed E-state index contributed by atoms with van der Waals surface area (Å²) in [5.74, 6) is -0.225.